The summed E-state index contributed by atoms with van der Waals surface area (Å²) in [5.41, 5.74) is 5.32. The Morgan fingerprint density at radius 1 is 0.864 bits per heavy atom. The summed E-state index contributed by atoms with van der Waals surface area (Å²) in [6.07, 6.45) is 13.9. The van der Waals surface area contributed by atoms with Crippen molar-refractivity contribution in [3.05, 3.63) is 0 Å². The fourth-order valence-electron chi connectivity index (χ4n) is 2.19. The van der Waals surface area contributed by atoms with Crippen LogP contribution in [0.2, 0.25) is 0 Å². The van der Waals surface area contributed by atoms with E-state index in [-0.39, 0.29) is 51.4 Å². The van der Waals surface area contributed by atoms with Crippen molar-refractivity contribution in [2.75, 3.05) is 0 Å². The van der Waals surface area contributed by atoms with Crippen molar-refractivity contribution in [2.24, 2.45) is 5.73 Å². The molecular formula is C17H34KNO3. The van der Waals surface area contributed by atoms with E-state index in [1.165, 1.54) is 58.3 Å². The molecule has 5 heteroatoms. The molecule has 0 spiro atoms. The molecule has 0 radical (unpaired) electrons. The van der Waals surface area contributed by atoms with Crippen LogP contribution >= 0.6 is 0 Å². The van der Waals surface area contributed by atoms with Gasteiger partial charge < -0.3 is 10.5 Å². The number of carbonyl (C=O) groups excluding carboxylic acids is 2. The summed E-state index contributed by atoms with van der Waals surface area (Å²) in [7, 11) is 0. The maximum atomic E-state index is 11.3. The Kier molecular flexibility index (Phi) is 20.5. The van der Waals surface area contributed by atoms with Gasteiger partial charge in [-0.15, -0.1) is 0 Å². The molecule has 0 aromatic rings. The molecule has 22 heavy (non-hydrogen) atoms. The fourth-order valence-corrected chi connectivity index (χ4v) is 2.19. The molecule has 0 heterocycles. The van der Waals surface area contributed by atoms with E-state index >= 15 is 0 Å². The molecule has 0 rings (SSSR count). The van der Waals surface area contributed by atoms with Crippen LogP contribution in [0.25, 0.3) is 0 Å². The third-order valence-electron chi connectivity index (χ3n) is 3.57. The van der Waals surface area contributed by atoms with Crippen LogP contribution in [0.4, 0.5) is 0 Å². The van der Waals surface area contributed by atoms with Gasteiger partial charge in [0.1, 0.15) is 6.04 Å². The van der Waals surface area contributed by atoms with Crippen LogP contribution in [0.5, 0.6) is 0 Å². The Morgan fingerprint density at radius 3 is 1.68 bits per heavy atom. The number of rotatable bonds is 13. The molecule has 1 atom stereocenters. The Bertz CT molecular complexity index is 283. The van der Waals surface area contributed by atoms with Crippen LogP contribution < -0.4 is 5.73 Å². The van der Waals surface area contributed by atoms with E-state index in [9.17, 15) is 9.59 Å². The van der Waals surface area contributed by atoms with Crippen molar-refractivity contribution in [1.29, 1.82) is 0 Å². The second-order valence-electron chi connectivity index (χ2n) is 5.87. The zero-order chi connectivity index (χ0) is 15.9. The molecule has 0 aliphatic rings. The van der Waals surface area contributed by atoms with E-state index < -0.39 is 18.0 Å². The van der Waals surface area contributed by atoms with E-state index in [1.807, 2.05) is 0 Å². The summed E-state index contributed by atoms with van der Waals surface area (Å²) in [6.45, 7) is 3.75. The second kappa shape index (κ2) is 18.1. The molecule has 126 valence electrons. The molecule has 0 bridgehead atoms. The Balaban J connectivity index is 0. The Morgan fingerprint density at radius 2 is 1.27 bits per heavy atom. The Labute approximate surface area is 178 Å². The SMILES string of the molecule is CCCCCCCCCCCCCC(=O)OC(=O)[C@H](C)N.[KH]. The van der Waals surface area contributed by atoms with Crippen LogP contribution in [0.15, 0.2) is 0 Å². The van der Waals surface area contributed by atoms with E-state index in [1.54, 1.807) is 0 Å². The zero-order valence-electron chi connectivity index (χ0n) is 13.9. The van der Waals surface area contributed by atoms with E-state index in [4.69, 9.17) is 5.73 Å². The number of ether oxygens (including phenoxy) is 1. The van der Waals surface area contributed by atoms with E-state index in [2.05, 4.69) is 11.7 Å². The van der Waals surface area contributed by atoms with Gasteiger partial charge in [-0.25, -0.2) is 4.79 Å². The van der Waals surface area contributed by atoms with Gasteiger partial charge in [-0.2, -0.15) is 0 Å². The van der Waals surface area contributed by atoms with Gasteiger partial charge >= 0.3 is 63.3 Å². The quantitative estimate of drug-likeness (QED) is 0.241. The van der Waals surface area contributed by atoms with Crippen molar-refractivity contribution >= 4 is 63.3 Å². The molecule has 4 nitrogen and oxygen atoms in total. The van der Waals surface area contributed by atoms with Gasteiger partial charge in [-0.1, -0.05) is 71.1 Å². The number of hydrogen-bond acceptors (Lipinski definition) is 4. The van der Waals surface area contributed by atoms with Gasteiger partial charge in [0.25, 0.3) is 0 Å². The molecule has 0 aliphatic carbocycles. The van der Waals surface area contributed by atoms with Gasteiger partial charge in [-0.05, 0) is 13.3 Å². The third kappa shape index (κ3) is 17.1. The van der Waals surface area contributed by atoms with Crippen molar-refractivity contribution in [3.63, 3.8) is 0 Å². The van der Waals surface area contributed by atoms with Crippen LogP contribution in [-0.2, 0) is 14.3 Å². The summed E-state index contributed by atoms with van der Waals surface area (Å²) in [5.74, 6) is -1.09. The molecule has 0 saturated carbocycles. The Hall–Kier alpha value is 0.736. The molecular weight excluding hydrogens is 305 g/mol. The van der Waals surface area contributed by atoms with Gasteiger partial charge in [0.05, 0.1) is 0 Å². The summed E-state index contributed by atoms with van der Waals surface area (Å²) in [4.78, 5) is 22.4. The molecule has 0 aromatic heterocycles. The summed E-state index contributed by atoms with van der Waals surface area (Å²) in [5, 5.41) is 0. The van der Waals surface area contributed by atoms with E-state index in [0.29, 0.717) is 6.42 Å². The molecule has 0 saturated heterocycles. The molecule has 0 unspecified atom stereocenters. The molecule has 0 aromatic carbocycles. The number of esters is 2. The number of nitrogens with two attached hydrogens (primary N) is 1. The molecule has 0 fully saturated rings. The minimum atomic E-state index is -0.730. The first-order chi connectivity index (χ1) is 10.1. The van der Waals surface area contributed by atoms with Crippen molar-refractivity contribution in [3.8, 4) is 0 Å². The van der Waals surface area contributed by atoms with Crippen molar-refractivity contribution in [1.82, 2.24) is 0 Å². The zero-order valence-corrected chi connectivity index (χ0v) is 13.9. The predicted molar refractivity (Wildman–Crippen MR) is 93.0 cm³/mol. The fraction of sp³-hybridized carbons (Fsp3) is 0.882. The first kappa shape index (κ1) is 25.0. The first-order valence-corrected chi connectivity index (χ1v) is 8.58. The standard InChI is InChI=1S/C17H33NO3.K.H/c1-3-4-5-6-7-8-9-10-11-12-13-14-16(19)21-17(20)15(2)18;;/h15H,3-14,18H2,1-2H3;;/t15-;;/m0../s1. The summed E-state index contributed by atoms with van der Waals surface area (Å²) in [6, 6.07) is -0.730. The average molecular weight is 340 g/mol. The monoisotopic (exact) mass is 339 g/mol. The minimum absolute atomic E-state index is 0. The van der Waals surface area contributed by atoms with Gasteiger partial charge in [-0.3, -0.25) is 4.79 Å². The van der Waals surface area contributed by atoms with Gasteiger partial charge in [0, 0.05) is 6.42 Å². The number of hydrogen-bond donors (Lipinski definition) is 1. The molecule has 0 aliphatic heterocycles. The third-order valence-corrected chi connectivity index (χ3v) is 3.57. The van der Waals surface area contributed by atoms with Crippen molar-refractivity contribution < 1.29 is 14.3 Å². The van der Waals surface area contributed by atoms with E-state index in [0.717, 1.165) is 19.3 Å². The van der Waals surface area contributed by atoms with Crippen LogP contribution in [-0.4, -0.2) is 69.4 Å². The number of carbonyl (C=O) groups is 2. The molecule has 0 amide bonds. The van der Waals surface area contributed by atoms with Crippen LogP contribution in [0, 0.1) is 0 Å². The number of unbranched alkanes of at least 4 members (excludes halogenated alkanes) is 10. The normalized spacial score (nSPS) is 11.6. The van der Waals surface area contributed by atoms with Gasteiger partial charge in [0.15, 0.2) is 0 Å². The molecule has 2 N–H and O–H groups in total. The predicted octanol–water partition coefficient (Wildman–Crippen LogP) is 3.46. The second-order valence-corrected chi connectivity index (χ2v) is 5.87. The van der Waals surface area contributed by atoms with Crippen molar-refractivity contribution in [2.45, 2.75) is 96.9 Å². The van der Waals surface area contributed by atoms with Crippen LogP contribution in [0.1, 0.15) is 90.9 Å². The summed E-state index contributed by atoms with van der Waals surface area (Å²) < 4.78 is 4.60. The van der Waals surface area contributed by atoms with Crippen LogP contribution in [0.3, 0.4) is 0 Å². The van der Waals surface area contributed by atoms with Gasteiger partial charge in [0.2, 0.25) is 0 Å². The maximum absolute atomic E-state index is 11.3. The summed E-state index contributed by atoms with van der Waals surface area (Å²) >= 11 is 0. The average Bonchev–Trinajstić information content (AvgIpc) is 2.44. The first-order valence-electron chi connectivity index (χ1n) is 8.58. The topological polar surface area (TPSA) is 69.4 Å².